The average Bonchev–Trinajstić information content (AvgIpc) is 3.45. The first-order valence-electron chi connectivity index (χ1n) is 9.55. The Morgan fingerprint density at radius 2 is 1.87 bits per heavy atom. The summed E-state index contributed by atoms with van der Waals surface area (Å²) >= 11 is 1.60. The molecular weight excluding hydrogens is 392 g/mol. The molecule has 0 saturated heterocycles. The topological polar surface area (TPSA) is 43.6 Å². The molecule has 0 spiro atoms. The van der Waals surface area contributed by atoms with Crippen LogP contribution in [-0.2, 0) is 0 Å². The molecule has 0 atom stereocenters. The number of thiophene rings is 1. The van der Waals surface area contributed by atoms with Crippen molar-refractivity contribution in [1.82, 2.24) is 9.38 Å². The average molecular weight is 410 g/mol. The highest BCUT2D eigenvalue weighted by Crippen LogP contribution is 2.30. The Balaban J connectivity index is 1.72. The van der Waals surface area contributed by atoms with Crippen LogP contribution in [0.25, 0.3) is 33.8 Å². The Morgan fingerprint density at radius 3 is 2.63 bits per heavy atom. The van der Waals surface area contributed by atoms with Crippen molar-refractivity contribution in [1.29, 1.82) is 0 Å². The highest BCUT2D eigenvalue weighted by molar-refractivity contribution is 7.10. The van der Waals surface area contributed by atoms with Crippen LogP contribution < -0.4 is 4.74 Å². The van der Waals surface area contributed by atoms with Crippen LogP contribution in [0.3, 0.4) is 0 Å². The molecule has 0 aliphatic rings. The fourth-order valence-corrected chi connectivity index (χ4v) is 4.20. The first-order chi connectivity index (χ1) is 14.7. The predicted octanol–water partition coefficient (Wildman–Crippen LogP) is 6.12. The first-order valence-corrected chi connectivity index (χ1v) is 10.4. The van der Waals surface area contributed by atoms with E-state index in [1.807, 2.05) is 82.7 Å². The molecule has 0 aliphatic heterocycles. The number of methoxy groups -OCH3 is 1. The molecule has 146 valence electrons. The van der Waals surface area contributed by atoms with Gasteiger partial charge in [0.25, 0.3) is 0 Å². The molecule has 0 saturated carbocycles. The quantitative estimate of drug-likeness (QED) is 0.259. The molecule has 0 fully saturated rings. The number of pyridine rings is 1. The van der Waals surface area contributed by atoms with Crippen molar-refractivity contribution in [2.24, 2.45) is 0 Å². The van der Waals surface area contributed by atoms with Gasteiger partial charge in [0.2, 0.25) is 5.78 Å². The summed E-state index contributed by atoms with van der Waals surface area (Å²) in [4.78, 5) is 19.2. The van der Waals surface area contributed by atoms with E-state index < -0.39 is 0 Å². The third-order valence-corrected chi connectivity index (χ3v) is 5.89. The lowest BCUT2D eigenvalue weighted by Crippen LogP contribution is -2.02. The highest BCUT2D eigenvalue weighted by atomic mass is 32.1. The molecule has 3 heterocycles. The molecule has 4 nitrogen and oxygen atoms in total. The summed E-state index contributed by atoms with van der Waals surface area (Å²) in [6.45, 7) is 0. The predicted molar refractivity (Wildman–Crippen MR) is 122 cm³/mol. The summed E-state index contributed by atoms with van der Waals surface area (Å²) in [5.74, 6) is 0.676. The van der Waals surface area contributed by atoms with Gasteiger partial charge in [0.15, 0.2) is 0 Å². The number of fused-ring (bicyclic) bond motifs is 3. The van der Waals surface area contributed by atoms with Gasteiger partial charge in [0.05, 0.1) is 7.11 Å². The van der Waals surface area contributed by atoms with Crippen molar-refractivity contribution in [3.8, 4) is 17.0 Å². The van der Waals surface area contributed by atoms with Crippen LogP contribution >= 0.6 is 11.3 Å². The second kappa shape index (κ2) is 7.61. The van der Waals surface area contributed by atoms with E-state index in [4.69, 9.17) is 9.72 Å². The standard InChI is InChI=1S/C25H18N2O2S/c1-29-19-10-8-18(9-11-19)23-24(22(28)13-12-20-6-4-16-30-20)27-15-14-17-5-2-3-7-21(17)25(27)26-23/h2-16H,1H3. The van der Waals surface area contributed by atoms with Crippen molar-refractivity contribution in [2.45, 2.75) is 0 Å². The maximum Gasteiger partial charge on any atom is 0.204 e. The maximum absolute atomic E-state index is 13.3. The zero-order valence-electron chi connectivity index (χ0n) is 16.3. The molecule has 30 heavy (non-hydrogen) atoms. The Hall–Kier alpha value is -3.70. The van der Waals surface area contributed by atoms with Gasteiger partial charge < -0.3 is 4.74 Å². The van der Waals surface area contributed by atoms with Gasteiger partial charge in [-0.1, -0.05) is 30.3 Å². The largest absolute Gasteiger partial charge is 0.497 e. The number of rotatable bonds is 5. The monoisotopic (exact) mass is 410 g/mol. The van der Waals surface area contributed by atoms with E-state index in [2.05, 4.69) is 6.07 Å². The summed E-state index contributed by atoms with van der Waals surface area (Å²) in [5.41, 5.74) is 2.85. The first kappa shape index (κ1) is 18.3. The number of imidazole rings is 1. The third kappa shape index (κ3) is 3.19. The molecule has 0 N–H and O–H groups in total. The molecule has 0 bridgehead atoms. The fourth-order valence-electron chi connectivity index (χ4n) is 3.58. The van der Waals surface area contributed by atoms with E-state index in [1.54, 1.807) is 24.5 Å². The van der Waals surface area contributed by atoms with Gasteiger partial charge >= 0.3 is 0 Å². The summed E-state index contributed by atoms with van der Waals surface area (Å²) in [6.07, 6.45) is 5.40. The van der Waals surface area contributed by atoms with Crippen molar-refractivity contribution < 1.29 is 9.53 Å². The summed E-state index contributed by atoms with van der Waals surface area (Å²) in [7, 11) is 1.64. The number of carbonyl (C=O) groups excluding carboxylic acids is 1. The Labute approximate surface area is 177 Å². The van der Waals surface area contributed by atoms with Crippen molar-refractivity contribution in [3.63, 3.8) is 0 Å². The number of hydrogen-bond acceptors (Lipinski definition) is 4. The minimum atomic E-state index is -0.0861. The van der Waals surface area contributed by atoms with Crippen LogP contribution in [0.15, 0.2) is 84.4 Å². The summed E-state index contributed by atoms with van der Waals surface area (Å²) in [5, 5.41) is 4.09. The van der Waals surface area contributed by atoms with Gasteiger partial charge in [-0.3, -0.25) is 9.20 Å². The Bertz CT molecular complexity index is 1380. The number of aromatic nitrogens is 2. The smallest absolute Gasteiger partial charge is 0.204 e. The van der Waals surface area contributed by atoms with Gasteiger partial charge in [0, 0.05) is 22.0 Å². The van der Waals surface area contributed by atoms with Gasteiger partial charge in [-0.05, 0) is 59.3 Å². The minimum Gasteiger partial charge on any atom is -0.497 e. The van der Waals surface area contributed by atoms with Crippen LogP contribution in [0.2, 0.25) is 0 Å². The van der Waals surface area contributed by atoms with Gasteiger partial charge in [-0.25, -0.2) is 4.98 Å². The van der Waals surface area contributed by atoms with E-state index >= 15 is 0 Å². The van der Waals surface area contributed by atoms with E-state index in [0.717, 1.165) is 32.6 Å². The molecular formula is C25H18N2O2S. The van der Waals surface area contributed by atoms with Crippen LogP contribution in [0.5, 0.6) is 5.75 Å². The van der Waals surface area contributed by atoms with Gasteiger partial charge in [-0.15, -0.1) is 11.3 Å². The van der Waals surface area contributed by atoms with Gasteiger partial charge in [0.1, 0.15) is 22.8 Å². The SMILES string of the molecule is COc1ccc(-c2nc3c4ccccc4ccn3c2C(=O)C=Cc2cccs2)cc1. The minimum absolute atomic E-state index is 0.0861. The number of allylic oxidation sites excluding steroid dienone is 1. The Kier molecular flexibility index (Phi) is 4.65. The summed E-state index contributed by atoms with van der Waals surface area (Å²) < 4.78 is 7.17. The van der Waals surface area contributed by atoms with Crippen LogP contribution in [0.4, 0.5) is 0 Å². The highest BCUT2D eigenvalue weighted by Gasteiger charge is 2.20. The second-order valence-corrected chi connectivity index (χ2v) is 7.83. The van der Waals surface area contributed by atoms with E-state index in [-0.39, 0.29) is 5.78 Å². The molecule has 0 unspecified atom stereocenters. The van der Waals surface area contributed by atoms with Crippen molar-refractivity contribution >= 4 is 39.6 Å². The molecule has 0 aliphatic carbocycles. The molecule has 5 heteroatoms. The molecule has 5 aromatic rings. The Morgan fingerprint density at radius 1 is 1.03 bits per heavy atom. The van der Waals surface area contributed by atoms with Crippen LogP contribution in [-0.4, -0.2) is 22.3 Å². The zero-order chi connectivity index (χ0) is 20.5. The van der Waals surface area contributed by atoms with Crippen molar-refractivity contribution in [3.05, 3.63) is 95.0 Å². The number of hydrogen-bond donors (Lipinski definition) is 0. The lowest BCUT2D eigenvalue weighted by atomic mass is 10.1. The van der Waals surface area contributed by atoms with E-state index in [0.29, 0.717) is 11.4 Å². The number of benzene rings is 2. The third-order valence-electron chi connectivity index (χ3n) is 5.05. The fraction of sp³-hybridized carbons (Fsp3) is 0.0400. The lowest BCUT2D eigenvalue weighted by molar-refractivity contribution is 0.104. The maximum atomic E-state index is 13.3. The number of ketones is 1. The molecule has 2 aromatic carbocycles. The summed E-state index contributed by atoms with van der Waals surface area (Å²) in [6, 6.07) is 21.7. The lowest BCUT2D eigenvalue weighted by Gasteiger charge is -2.04. The number of ether oxygens (including phenoxy) is 1. The normalized spacial score (nSPS) is 11.5. The van der Waals surface area contributed by atoms with Crippen LogP contribution in [0.1, 0.15) is 15.4 Å². The second-order valence-electron chi connectivity index (χ2n) is 6.85. The number of nitrogens with zero attached hydrogens (tertiary/aromatic N) is 2. The van der Waals surface area contributed by atoms with Gasteiger partial charge in [-0.2, -0.15) is 0 Å². The van der Waals surface area contributed by atoms with Crippen molar-refractivity contribution in [2.75, 3.05) is 7.11 Å². The number of carbonyl (C=O) groups is 1. The molecule has 5 rings (SSSR count). The van der Waals surface area contributed by atoms with Crippen LogP contribution in [0, 0.1) is 0 Å². The molecule has 0 amide bonds. The van der Waals surface area contributed by atoms with E-state index in [1.165, 1.54) is 0 Å². The molecule has 0 radical (unpaired) electrons. The zero-order valence-corrected chi connectivity index (χ0v) is 17.1. The molecule has 3 aromatic heterocycles. The van der Waals surface area contributed by atoms with E-state index in [9.17, 15) is 4.79 Å².